The summed E-state index contributed by atoms with van der Waals surface area (Å²) in [5.74, 6) is -0.133. The van der Waals surface area contributed by atoms with Crippen molar-refractivity contribution in [1.29, 1.82) is 0 Å². The summed E-state index contributed by atoms with van der Waals surface area (Å²) in [4.78, 5) is -0.138. The number of rotatable bonds is 3. The van der Waals surface area contributed by atoms with Crippen molar-refractivity contribution in [3.8, 4) is 0 Å². The Labute approximate surface area is 107 Å². The van der Waals surface area contributed by atoms with Gasteiger partial charge in [0.2, 0.25) is 0 Å². The molecule has 0 fully saturated rings. The summed E-state index contributed by atoms with van der Waals surface area (Å²) in [7, 11) is -4.44. The van der Waals surface area contributed by atoms with E-state index in [1.54, 1.807) is 18.2 Å². The predicted octanol–water partition coefficient (Wildman–Crippen LogP) is 2.74. The van der Waals surface area contributed by atoms with E-state index >= 15 is 0 Å². The summed E-state index contributed by atoms with van der Waals surface area (Å²) in [6.07, 6.45) is 0. The standard InChI is InChI=1S/C14H14O3S/c1-11(12-7-3-2-4-8-12)13-9-5-6-10-14(13)18(15,16)17/h2-11H,1H3,(H,15,16,17)/p-1. The Morgan fingerprint density at radius 2 is 1.50 bits per heavy atom. The van der Waals surface area contributed by atoms with Gasteiger partial charge in [-0.1, -0.05) is 55.5 Å². The van der Waals surface area contributed by atoms with E-state index in [-0.39, 0.29) is 10.8 Å². The largest absolute Gasteiger partial charge is 0.744 e. The number of hydrogen-bond donors (Lipinski definition) is 0. The molecular formula is C14H13O3S-. The van der Waals surface area contributed by atoms with Crippen LogP contribution in [0, 0.1) is 0 Å². The van der Waals surface area contributed by atoms with Gasteiger partial charge < -0.3 is 4.55 Å². The van der Waals surface area contributed by atoms with Crippen LogP contribution in [-0.2, 0) is 10.1 Å². The van der Waals surface area contributed by atoms with E-state index in [4.69, 9.17) is 0 Å². The summed E-state index contributed by atoms with van der Waals surface area (Å²) in [6, 6.07) is 15.8. The van der Waals surface area contributed by atoms with Gasteiger partial charge in [0.05, 0.1) is 4.90 Å². The van der Waals surface area contributed by atoms with Crippen molar-refractivity contribution in [3.05, 3.63) is 65.7 Å². The fourth-order valence-electron chi connectivity index (χ4n) is 1.99. The molecule has 2 rings (SSSR count). The van der Waals surface area contributed by atoms with E-state index in [2.05, 4.69) is 0 Å². The lowest BCUT2D eigenvalue weighted by Gasteiger charge is -2.18. The van der Waals surface area contributed by atoms with Crippen molar-refractivity contribution in [2.75, 3.05) is 0 Å². The maximum Gasteiger partial charge on any atom is 0.124 e. The van der Waals surface area contributed by atoms with Crippen LogP contribution in [-0.4, -0.2) is 13.0 Å². The van der Waals surface area contributed by atoms with Gasteiger partial charge in [-0.2, -0.15) is 0 Å². The first-order valence-electron chi connectivity index (χ1n) is 5.60. The van der Waals surface area contributed by atoms with Crippen LogP contribution in [0.4, 0.5) is 0 Å². The SMILES string of the molecule is CC(c1ccccc1)c1ccccc1S(=O)(=O)[O-]. The minimum Gasteiger partial charge on any atom is -0.744 e. The molecule has 94 valence electrons. The van der Waals surface area contributed by atoms with Gasteiger partial charge >= 0.3 is 0 Å². The lowest BCUT2D eigenvalue weighted by Crippen LogP contribution is -2.06. The highest BCUT2D eigenvalue weighted by atomic mass is 32.2. The minimum absolute atomic E-state index is 0.133. The molecule has 0 spiro atoms. The maximum absolute atomic E-state index is 11.2. The molecule has 1 atom stereocenters. The number of hydrogen-bond acceptors (Lipinski definition) is 3. The average molecular weight is 261 g/mol. The van der Waals surface area contributed by atoms with Crippen LogP contribution >= 0.6 is 0 Å². The monoisotopic (exact) mass is 261 g/mol. The average Bonchev–Trinajstić information content (AvgIpc) is 2.38. The summed E-state index contributed by atoms with van der Waals surface area (Å²) in [5.41, 5.74) is 1.52. The molecule has 0 N–H and O–H groups in total. The van der Waals surface area contributed by atoms with Crippen LogP contribution < -0.4 is 0 Å². The topological polar surface area (TPSA) is 57.2 Å². The van der Waals surface area contributed by atoms with Crippen molar-refractivity contribution in [2.45, 2.75) is 17.7 Å². The molecule has 0 bridgehead atoms. The number of benzene rings is 2. The first-order valence-corrected chi connectivity index (χ1v) is 7.01. The Bertz CT molecular complexity index is 633. The lowest BCUT2D eigenvalue weighted by molar-refractivity contribution is 0.461. The van der Waals surface area contributed by atoms with Crippen LogP contribution in [0.2, 0.25) is 0 Å². The molecule has 0 aliphatic carbocycles. The smallest absolute Gasteiger partial charge is 0.124 e. The van der Waals surface area contributed by atoms with Gasteiger partial charge in [-0.25, -0.2) is 8.42 Å². The molecule has 0 saturated carbocycles. The van der Waals surface area contributed by atoms with Crippen molar-refractivity contribution >= 4 is 10.1 Å². The summed E-state index contributed by atoms with van der Waals surface area (Å²) in [6.45, 7) is 1.89. The van der Waals surface area contributed by atoms with E-state index < -0.39 is 10.1 Å². The van der Waals surface area contributed by atoms with E-state index in [1.165, 1.54) is 6.07 Å². The Morgan fingerprint density at radius 3 is 2.11 bits per heavy atom. The van der Waals surface area contributed by atoms with E-state index in [9.17, 15) is 13.0 Å². The van der Waals surface area contributed by atoms with Gasteiger partial charge in [0, 0.05) is 5.92 Å². The fourth-order valence-corrected chi connectivity index (χ4v) is 2.77. The molecule has 0 aromatic heterocycles. The predicted molar refractivity (Wildman–Crippen MR) is 68.4 cm³/mol. The van der Waals surface area contributed by atoms with Crippen LogP contribution in [0.5, 0.6) is 0 Å². The van der Waals surface area contributed by atoms with Crippen LogP contribution in [0.15, 0.2) is 59.5 Å². The molecular weight excluding hydrogens is 248 g/mol. The summed E-state index contributed by atoms with van der Waals surface area (Å²) < 4.78 is 33.7. The normalized spacial score (nSPS) is 13.2. The van der Waals surface area contributed by atoms with Gasteiger partial charge in [0.1, 0.15) is 10.1 Å². The Kier molecular flexibility index (Phi) is 3.50. The van der Waals surface area contributed by atoms with Crippen molar-refractivity contribution in [3.63, 3.8) is 0 Å². The molecule has 1 unspecified atom stereocenters. The Hall–Kier alpha value is -1.65. The molecule has 0 radical (unpaired) electrons. The zero-order valence-electron chi connectivity index (χ0n) is 9.91. The van der Waals surface area contributed by atoms with E-state index in [0.717, 1.165) is 5.56 Å². The second-order valence-corrected chi connectivity index (χ2v) is 5.47. The van der Waals surface area contributed by atoms with Crippen LogP contribution in [0.25, 0.3) is 0 Å². The molecule has 4 heteroatoms. The molecule has 0 saturated heterocycles. The van der Waals surface area contributed by atoms with Crippen molar-refractivity contribution < 1.29 is 13.0 Å². The second kappa shape index (κ2) is 4.92. The van der Waals surface area contributed by atoms with Gasteiger partial charge in [-0.15, -0.1) is 0 Å². The first-order chi connectivity index (χ1) is 8.50. The molecule has 0 amide bonds. The highest BCUT2D eigenvalue weighted by Crippen LogP contribution is 2.28. The highest BCUT2D eigenvalue weighted by Gasteiger charge is 2.15. The summed E-state index contributed by atoms with van der Waals surface area (Å²) in [5, 5.41) is 0. The maximum atomic E-state index is 11.2. The third-order valence-corrected chi connectivity index (χ3v) is 3.86. The zero-order chi connectivity index (χ0) is 13.2. The molecule has 3 nitrogen and oxygen atoms in total. The third-order valence-electron chi connectivity index (χ3n) is 2.95. The third kappa shape index (κ3) is 2.60. The molecule has 0 aliphatic rings. The quantitative estimate of drug-likeness (QED) is 0.798. The molecule has 0 heterocycles. The van der Waals surface area contributed by atoms with Crippen molar-refractivity contribution in [1.82, 2.24) is 0 Å². The zero-order valence-corrected chi connectivity index (χ0v) is 10.7. The van der Waals surface area contributed by atoms with Crippen LogP contribution in [0.1, 0.15) is 24.0 Å². The Balaban J connectivity index is 2.53. The first kappa shape index (κ1) is 12.8. The molecule has 2 aromatic carbocycles. The van der Waals surface area contributed by atoms with Gasteiger partial charge in [0.25, 0.3) is 0 Å². The Morgan fingerprint density at radius 1 is 0.944 bits per heavy atom. The molecule has 0 aliphatic heterocycles. The lowest BCUT2D eigenvalue weighted by atomic mass is 9.93. The van der Waals surface area contributed by atoms with Gasteiger partial charge in [-0.3, -0.25) is 0 Å². The fraction of sp³-hybridized carbons (Fsp3) is 0.143. The van der Waals surface area contributed by atoms with Gasteiger partial charge in [0.15, 0.2) is 0 Å². The molecule has 18 heavy (non-hydrogen) atoms. The second-order valence-electron chi connectivity index (χ2n) is 4.12. The highest BCUT2D eigenvalue weighted by molar-refractivity contribution is 7.85. The van der Waals surface area contributed by atoms with Gasteiger partial charge in [-0.05, 0) is 17.2 Å². The summed E-state index contributed by atoms with van der Waals surface area (Å²) >= 11 is 0. The molecule has 2 aromatic rings. The van der Waals surface area contributed by atoms with E-state index in [1.807, 2.05) is 37.3 Å². The van der Waals surface area contributed by atoms with Crippen molar-refractivity contribution in [2.24, 2.45) is 0 Å². The van der Waals surface area contributed by atoms with E-state index in [0.29, 0.717) is 5.56 Å². The van der Waals surface area contributed by atoms with Crippen LogP contribution in [0.3, 0.4) is 0 Å². The minimum atomic E-state index is -4.44.